The standard InChI is InChI=1S/C26H56N7O8P3/c27-8-3-10-29-24(34)5-1-2-18-42(38)21-31-12-13-32(22-43(39)19-6-25(35)30-11-4-9-28)15-17-33(16-14-31)23-44(40,41)20-7-26(36)37/h38-39H,1-23,27-28H2,(H,29,34)(H,30,35)(H,36,37)(H,40,41). The fourth-order valence-corrected chi connectivity index (χ4v) is 8.92. The highest BCUT2D eigenvalue weighted by atomic mass is 31.2. The summed E-state index contributed by atoms with van der Waals surface area (Å²) in [5.41, 5.74) is 10.9. The lowest BCUT2D eigenvalue weighted by atomic mass is 10.2. The Labute approximate surface area is 264 Å². The van der Waals surface area contributed by atoms with Crippen LogP contribution in [0, 0.1) is 0 Å². The largest absolute Gasteiger partial charge is 0.481 e. The van der Waals surface area contributed by atoms with E-state index in [9.17, 15) is 33.6 Å². The minimum Gasteiger partial charge on any atom is -0.481 e. The molecular formula is C26H56N7O8P3. The summed E-state index contributed by atoms with van der Waals surface area (Å²) in [5, 5.41) is 14.6. The maximum atomic E-state index is 12.8. The van der Waals surface area contributed by atoms with Gasteiger partial charge >= 0.3 is 5.97 Å². The van der Waals surface area contributed by atoms with Gasteiger partial charge in [-0.15, -0.1) is 0 Å². The molecular weight excluding hydrogens is 631 g/mol. The van der Waals surface area contributed by atoms with Crippen LogP contribution < -0.4 is 22.1 Å². The zero-order valence-electron chi connectivity index (χ0n) is 26.0. The SMILES string of the molecule is NCCCNC(=O)CCCCP(O)CN1CCN(CP(O)CCC(=O)NCCCN)CCN(CP(=O)(O)CCC(=O)O)CC1. The summed E-state index contributed by atoms with van der Waals surface area (Å²) < 4.78 is 12.8. The van der Waals surface area contributed by atoms with Gasteiger partial charge in [0.2, 0.25) is 19.2 Å². The van der Waals surface area contributed by atoms with Crippen LogP contribution in [0.25, 0.3) is 0 Å². The molecule has 10 N–H and O–H groups in total. The quantitative estimate of drug-likeness (QED) is 0.0514. The van der Waals surface area contributed by atoms with Crippen molar-refractivity contribution >= 4 is 41.4 Å². The number of carbonyl (C=O) groups excluding carboxylic acids is 2. The first-order valence-electron chi connectivity index (χ1n) is 15.4. The molecule has 2 amide bonds. The third kappa shape index (κ3) is 21.8. The third-order valence-electron chi connectivity index (χ3n) is 7.09. The number of amides is 2. The predicted octanol–water partition coefficient (Wildman–Crippen LogP) is -0.208. The van der Waals surface area contributed by atoms with Gasteiger partial charge in [0.1, 0.15) is 0 Å². The lowest BCUT2D eigenvalue weighted by Crippen LogP contribution is -2.37. The van der Waals surface area contributed by atoms with Crippen molar-refractivity contribution in [2.24, 2.45) is 11.5 Å². The fourth-order valence-electron chi connectivity index (χ4n) is 4.51. The molecule has 1 fully saturated rings. The average Bonchev–Trinajstić information content (AvgIpc) is 3.05. The van der Waals surface area contributed by atoms with Crippen LogP contribution in [-0.2, 0) is 18.9 Å². The van der Waals surface area contributed by atoms with Crippen molar-refractivity contribution in [3.05, 3.63) is 0 Å². The van der Waals surface area contributed by atoms with Crippen molar-refractivity contribution in [1.82, 2.24) is 25.3 Å². The maximum absolute atomic E-state index is 12.8. The van der Waals surface area contributed by atoms with Crippen molar-refractivity contribution in [2.45, 2.75) is 44.9 Å². The average molecular weight is 688 g/mol. The second kappa shape index (κ2) is 24.4. The molecule has 1 heterocycles. The van der Waals surface area contributed by atoms with Gasteiger partial charge in [0, 0.05) is 106 Å². The molecule has 0 aromatic heterocycles. The molecule has 0 bridgehead atoms. The maximum Gasteiger partial charge on any atom is 0.303 e. The summed E-state index contributed by atoms with van der Waals surface area (Å²) in [6.45, 7) is 5.41. The fraction of sp³-hybridized carbons (Fsp3) is 0.885. The topological polar surface area (TPSA) is 235 Å². The van der Waals surface area contributed by atoms with Gasteiger partial charge in [-0.3, -0.25) is 33.6 Å². The molecule has 18 heteroatoms. The Bertz CT molecular complexity index is 879. The van der Waals surface area contributed by atoms with E-state index < -0.39 is 29.6 Å². The van der Waals surface area contributed by atoms with Gasteiger partial charge in [-0.25, -0.2) is 0 Å². The third-order valence-corrected chi connectivity index (χ3v) is 11.9. The number of hydrogen-bond acceptors (Lipinski definition) is 11. The summed E-state index contributed by atoms with van der Waals surface area (Å²) in [4.78, 5) is 73.0. The Kier molecular flexibility index (Phi) is 22.8. The Morgan fingerprint density at radius 2 is 1.18 bits per heavy atom. The van der Waals surface area contributed by atoms with Crippen LogP contribution in [0.15, 0.2) is 0 Å². The van der Waals surface area contributed by atoms with Crippen molar-refractivity contribution in [2.75, 3.05) is 103 Å². The zero-order valence-corrected chi connectivity index (χ0v) is 28.7. The van der Waals surface area contributed by atoms with E-state index in [4.69, 9.17) is 16.6 Å². The highest BCUT2D eigenvalue weighted by Gasteiger charge is 2.26. The molecule has 3 unspecified atom stereocenters. The zero-order chi connectivity index (χ0) is 32.8. The number of carboxylic acid groups (broad SMARTS) is 1. The lowest BCUT2D eigenvalue weighted by molar-refractivity contribution is -0.136. The van der Waals surface area contributed by atoms with Crippen LogP contribution in [0.5, 0.6) is 0 Å². The van der Waals surface area contributed by atoms with Gasteiger partial charge in [-0.1, -0.05) is 0 Å². The minimum absolute atomic E-state index is 0.0125. The van der Waals surface area contributed by atoms with Gasteiger partial charge in [-0.05, 0) is 44.9 Å². The summed E-state index contributed by atoms with van der Waals surface area (Å²) in [6.07, 6.45) is 4.50. The number of carbonyl (C=O) groups is 3. The van der Waals surface area contributed by atoms with Crippen LogP contribution in [0.1, 0.15) is 44.9 Å². The van der Waals surface area contributed by atoms with Crippen LogP contribution in [0.4, 0.5) is 0 Å². The summed E-state index contributed by atoms with van der Waals surface area (Å²) in [7, 11) is -6.45. The molecule has 1 rings (SSSR count). The van der Waals surface area contributed by atoms with Crippen LogP contribution in [-0.4, -0.2) is 155 Å². The first kappa shape index (κ1) is 41.2. The molecule has 15 nitrogen and oxygen atoms in total. The van der Waals surface area contributed by atoms with E-state index in [-0.39, 0.29) is 37.1 Å². The first-order valence-corrected chi connectivity index (χ1v) is 20.8. The van der Waals surface area contributed by atoms with Crippen LogP contribution >= 0.6 is 23.7 Å². The Morgan fingerprint density at radius 3 is 1.68 bits per heavy atom. The number of carboxylic acids is 1. The molecule has 0 spiro atoms. The summed E-state index contributed by atoms with van der Waals surface area (Å²) in [6, 6.07) is 0. The minimum atomic E-state index is -3.70. The second-order valence-corrected chi connectivity index (χ2v) is 17.1. The van der Waals surface area contributed by atoms with E-state index in [1.54, 1.807) is 0 Å². The van der Waals surface area contributed by atoms with Gasteiger partial charge in [0.05, 0.1) is 12.7 Å². The number of aliphatic carboxylic acids is 1. The second-order valence-electron chi connectivity index (χ2n) is 11.1. The molecule has 1 saturated heterocycles. The predicted molar refractivity (Wildman–Crippen MR) is 176 cm³/mol. The van der Waals surface area contributed by atoms with Crippen molar-refractivity contribution < 1.29 is 38.7 Å². The Balaban J connectivity index is 2.72. The molecule has 0 radical (unpaired) electrons. The molecule has 0 aromatic rings. The van der Waals surface area contributed by atoms with Crippen molar-refractivity contribution in [3.63, 3.8) is 0 Å². The smallest absolute Gasteiger partial charge is 0.303 e. The molecule has 0 aromatic carbocycles. The molecule has 44 heavy (non-hydrogen) atoms. The van der Waals surface area contributed by atoms with Gasteiger partial charge in [0.15, 0.2) is 0 Å². The molecule has 1 aliphatic heterocycles. The number of nitrogens with zero attached hydrogens (tertiary/aromatic N) is 3. The molecule has 0 aliphatic carbocycles. The number of nitrogens with one attached hydrogen (secondary N) is 2. The molecule has 258 valence electrons. The number of hydrogen-bond donors (Lipinski definition) is 8. The van der Waals surface area contributed by atoms with Gasteiger partial charge in [-0.2, -0.15) is 0 Å². The van der Waals surface area contributed by atoms with Crippen LogP contribution in [0.2, 0.25) is 0 Å². The normalized spacial score (nSPS) is 18.4. The van der Waals surface area contributed by atoms with Gasteiger partial charge < -0.3 is 41.9 Å². The summed E-state index contributed by atoms with van der Waals surface area (Å²) in [5.74, 6) is -1.25. The first-order chi connectivity index (χ1) is 20.9. The van der Waals surface area contributed by atoms with Gasteiger partial charge in [0.25, 0.3) is 0 Å². The van der Waals surface area contributed by atoms with Crippen molar-refractivity contribution in [3.8, 4) is 0 Å². The van der Waals surface area contributed by atoms with E-state index in [0.717, 1.165) is 12.8 Å². The Morgan fingerprint density at radius 1 is 0.705 bits per heavy atom. The highest BCUT2D eigenvalue weighted by molar-refractivity contribution is 7.57. The van der Waals surface area contributed by atoms with E-state index in [1.807, 2.05) is 4.90 Å². The number of rotatable bonds is 23. The summed E-state index contributed by atoms with van der Waals surface area (Å²) >= 11 is 0. The monoisotopic (exact) mass is 687 g/mol. The van der Waals surface area contributed by atoms with Crippen LogP contribution in [0.3, 0.4) is 0 Å². The molecule has 3 atom stereocenters. The number of unbranched alkanes of at least 4 members (excludes halogenated alkanes) is 1. The Hall–Kier alpha value is -0.820. The van der Waals surface area contributed by atoms with E-state index in [2.05, 4.69) is 20.4 Å². The van der Waals surface area contributed by atoms with Crippen molar-refractivity contribution in [1.29, 1.82) is 0 Å². The number of nitrogens with two attached hydrogens (primary N) is 2. The lowest BCUT2D eigenvalue weighted by Gasteiger charge is -2.28. The van der Waals surface area contributed by atoms with E-state index in [1.165, 1.54) is 0 Å². The van der Waals surface area contributed by atoms with E-state index >= 15 is 0 Å². The highest BCUT2D eigenvalue weighted by Crippen LogP contribution is 2.42. The van der Waals surface area contributed by atoms with E-state index in [0.29, 0.717) is 110 Å². The molecule has 0 saturated carbocycles. The molecule has 1 aliphatic rings.